The monoisotopic (exact) mass is 224 g/mol. The van der Waals surface area contributed by atoms with E-state index in [1.165, 1.54) is 0 Å². The second-order valence-electron chi connectivity index (χ2n) is 3.27. The third kappa shape index (κ3) is 3.43. The highest BCUT2D eigenvalue weighted by molar-refractivity contribution is 5.75. The van der Waals surface area contributed by atoms with Crippen LogP contribution in [0.2, 0.25) is 0 Å². The molecule has 5 nitrogen and oxygen atoms in total. The lowest BCUT2D eigenvalue weighted by Crippen LogP contribution is -2.20. The number of carbonyl (C=O) groups excluding carboxylic acids is 1. The van der Waals surface area contributed by atoms with E-state index in [9.17, 15) is 4.79 Å². The van der Waals surface area contributed by atoms with Gasteiger partial charge in [-0.25, -0.2) is 0 Å². The molecule has 88 valence electrons. The molecular formula is C11H16N2O3. The summed E-state index contributed by atoms with van der Waals surface area (Å²) in [5.74, 6) is 0.594. The molecule has 1 aromatic carbocycles. The van der Waals surface area contributed by atoms with Crippen molar-refractivity contribution in [3.63, 3.8) is 0 Å². The van der Waals surface area contributed by atoms with Crippen molar-refractivity contribution < 1.29 is 14.3 Å². The molecule has 0 fully saturated rings. The smallest absolute Gasteiger partial charge is 0.255 e. The number of primary amides is 1. The normalized spacial score (nSPS) is 9.88. The van der Waals surface area contributed by atoms with Crippen LogP contribution in [-0.4, -0.2) is 26.7 Å². The second kappa shape index (κ2) is 5.97. The Morgan fingerprint density at radius 1 is 1.44 bits per heavy atom. The molecule has 0 bridgehead atoms. The highest BCUT2D eigenvalue weighted by atomic mass is 16.5. The van der Waals surface area contributed by atoms with Crippen molar-refractivity contribution in [1.29, 1.82) is 0 Å². The molecule has 0 saturated carbocycles. The molecule has 16 heavy (non-hydrogen) atoms. The number of hydrogen-bond donors (Lipinski definition) is 2. The number of benzene rings is 1. The molecule has 0 aliphatic heterocycles. The molecule has 5 heteroatoms. The molecule has 0 aromatic heterocycles. The van der Waals surface area contributed by atoms with Crippen LogP contribution in [0, 0.1) is 0 Å². The van der Waals surface area contributed by atoms with E-state index < -0.39 is 5.91 Å². The van der Waals surface area contributed by atoms with Gasteiger partial charge in [0.25, 0.3) is 5.91 Å². The molecule has 1 aromatic rings. The Morgan fingerprint density at radius 2 is 2.19 bits per heavy atom. The summed E-state index contributed by atoms with van der Waals surface area (Å²) in [6.07, 6.45) is 0. The number of rotatable bonds is 6. The van der Waals surface area contributed by atoms with E-state index in [0.717, 1.165) is 12.1 Å². The van der Waals surface area contributed by atoms with Crippen molar-refractivity contribution in [3.8, 4) is 11.5 Å². The van der Waals surface area contributed by atoms with Gasteiger partial charge in [-0.05, 0) is 24.7 Å². The lowest BCUT2D eigenvalue weighted by atomic mass is 10.2. The first-order chi connectivity index (χ1) is 7.67. The van der Waals surface area contributed by atoms with Crippen molar-refractivity contribution in [2.75, 3.05) is 20.8 Å². The van der Waals surface area contributed by atoms with E-state index in [0.29, 0.717) is 11.5 Å². The summed E-state index contributed by atoms with van der Waals surface area (Å²) in [4.78, 5) is 10.6. The van der Waals surface area contributed by atoms with Crippen LogP contribution < -0.4 is 20.5 Å². The Kier molecular flexibility index (Phi) is 4.60. The van der Waals surface area contributed by atoms with Gasteiger partial charge in [-0.2, -0.15) is 0 Å². The van der Waals surface area contributed by atoms with E-state index in [1.54, 1.807) is 13.2 Å². The summed E-state index contributed by atoms with van der Waals surface area (Å²) in [5, 5.41) is 3.03. The second-order valence-corrected chi connectivity index (χ2v) is 3.27. The zero-order valence-electron chi connectivity index (χ0n) is 9.45. The first-order valence-electron chi connectivity index (χ1n) is 4.90. The summed E-state index contributed by atoms with van der Waals surface area (Å²) >= 11 is 0. The minimum Gasteiger partial charge on any atom is -0.493 e. The van der Waals surface area contributed by atoms with Crippen LogP contribution in [0.3, 0.4) is 0 Å². The molecule has 1 amide bonds. The largest absolute Gasteiger partial charge is 0.493 e. The number of methoxy groups -OCH3 is 1. The Labute approximate surface area is 94.5 Å². The van der Waals surface area contributed by atoms with Crippen molar-refractivity contribution >= 4 is 5.91 Å². The standard InChI is InChI=1S/C11H16N2O3/c1-13-6-8-3-4-9(10(5-8)15-2)16-7-11(12)14/h3-5,13H,6-7H2,1-2H3,(H2,12,14). The van der Waals surface area contributed by atoms with Crippen LogP contribution in [0.1, 0.15) is 5.56 Å². The highest BCUT2D eigenvalue weighted by Gasteiger charge is 2.06. The number of carbonyl (C=O) groups is 1. The van der Waals surface area contributed by atoms with Gasteiger partial charge in [0.1, 0.15) is 0 Å². The van der Waals surface area contributed by atoms with Gasteiger partial charge in [0, 0.05) is 6.54 Å². The van der Waals surface area contributed by atoms with Crippen LogP contribution in [0.15, 0.2) is 18.2 Å². The average Bonchev–Trinajstić information content (AvgIpc) is 2.27. The van der Waals surface area contributed by atoms with Gasteiger partial charge in [-0.15, -0.1) is 0 Å². The first-order valence-corrected chi connectivity index (χ1v) is 4.90. The number of nitrogens with one attached hydrogen (secondary N) is 1. The Hall–Kier alpha value is -1.75. The molecule has 3 N–H and O–H groups in total. The third-order valence-electron chi connectivity index (χ3n) is 1.98. The number of nitrogens with two attached hydrogens (primary N) is 1. The van der Waals surface area contributed by atoms with Crippen LogP contribution in [0.5, 0.6) is 11.5 Å². The summed E-state index contributed by atoms with van der Waals surface area (Å²) in [6, 6.07) is 5.51. The van der Waals surface area contributed by atoms with Crippen molar-refractivity contribution in [3.05, 3.63) is 23.8 Å². The van der Waals surface area contributed by atoms with E-state index in [4.69, 9.17) is 15.2 Å². The van der Waals surface area contributed by atoms with Crippen LogP contribution in [0.4, 0.5) is 0 Å². The van der Waals surface area contributed by atoms with Gasteiger partial charge < -0.3 is 20.5 Å². The maximum atomic E-state index is 10.6. The van der Waals surface area contributed by atoms with Gasteiger partial charge in [-0.1, -0.05) is 6.07 Å². The van der Waals surface area contributed by atoms with Gasteiger partial charge in [0.05, 0.1) is 7.11 Å². The predicted molar refractivity (Wildman–Crippen MR) is 60.4 cm³/mol. The van der Waals surface area contributed by atoms with Gasteiger partial charge in [0.15, 0.2) is 18.1 Å². The molecule has 0 heterocycles. The number of ether oxygens (including phenoxy) is 2. The quantitative estimate of drug-likeness (QED) is 0.728. The Balaban J connectivity index is 2.80. The maximum Gasteiger partial charge on any atom is 0.255 e. The lowest BCUT2D eigenvalue weighted by molar-refractivity contribution is -0.119. The van der Waals surface area contributed by atoms with E-state index in [1.807, 2.05) is 19.2 Å². The van der Waals surface area contributed by atoms with Crippen molar-refractivity contribution in [2.45, 2.75) is 6.54 Å². The Morgan fingerprint density at radius 3 is 2.75 bits per heavy atom. The predicted octanol–water partition coefficient (Wildman–Crippen LogP) is 0.279. The molecule has 0 radical (unpaired) electrons. The van der Waals surface area contributed by atoms with Crippen LogP contribution in [0.25, 0.3) is 0 Å². The van der Waals surface area contributed by atoms with Gasteiger partial charge in [0.2, 0.25) is 0 Å². The third-order valence-corrected chi connectivity index (χ3v) is 1.98. The van der Waals surface area contributed by atoms with E-state index in [2.05, 4.69) is 5.32 Å². The Bertz CT molecular complexity index is 366. The fourth-order valence-electron chi connectivity index (χ4n) is 1.29. The zero-order chi connectivity index (χ0) is 12.0. The van der Waals surface area contributed by atoms with Crippen molar-refractivity contribution in [1.82, 2.24) is 5.32 Å². The highest BCUT2D eigenvalue weighted by Crippen LogP contribution is 2.27. The molecule has 0 atom stereocenters. The van der Waals surface area contributed by atoms with Crippen LogP contribution >= 0.6 is 0 Å². The first kappa shape index (κ1) is 12.3. The summed E-state index contributed by atoms with van der Waals surface area (Å²) < 4.78 is 10.4. The molecule has 0 aliphatic carbocycles. The fraction of sp³-hybridized carbons (Fsp3) is 0.364. The summed E-state index contributed by atoms with van der Waals surface area (Å²) in [5.41, 5.74) is 6.07. The zero-order valence-corrected chi connectivity index (χ0v) is 9.45. The fourth-order valence-corrected chi connectivity index (χ4v) is 1.29. The van der Waals surface area contributed by atoms with E-state index >= 15 is 0 Å². The average molecular weight is 224 g/mol. The number of amides is 1. The minimum atomic E-state index is -0.513. The number of hydrogen-bond acceptors (Lipinski definition) is 4. The van der Waals surface area contributed by atoms with Gasteiger partial charge >= 0.3 is 0 Å². The van der Waals surface area contributed by atoms with Gasteiger partial charge in [-0.3, -0.25) is 4.79 Å². The maximum absolute atomic E-state index is 10.6. The molecule has 0 saturated heterocycles. The molecule has 0 aliphatic rings. The lowest BCUT2D eigenvalue weighted by Gasteiger charge is -2.10. The molecular weight excluding hydrogens is 208 g/mol. The molecule has 0 unspecified atom stereocenters. The molecule has 1 rings (SSSR count). The van der Waals surface area contributed by atoms with Crippen molar-refractivity contribution in [2.24, 2.45) is 5.73 Å². The van der Waals surface area contributed by atoms with Crippen LogP contribution in [-0.2, 0) is 11.3 Å². The summed E-state index contributed by atoms with van der Waals surface area (Å²) in [7, 11) is 3.42. The molecule has 0 spiro atoms. The topological polar surface area (TPSA) is 73.6 Å². The van der Waals surface area contributed by atoms with E-state index in [-0.39, 0.29) is 6.61 Å². The summed E-state index contributed by atoms with van der Waals surface area (Å²) in [6.45, 7) is 0.591. The SMILES string of the molecule is CNCc1ccc(OCC(N)=O)c(OC)c1. The minimum absolute atomic E-state index is 0.151.